The monoisotopic (exact) mass is 267 g/mol. The first kappa shape index (κ1) is 16.4. The van der Waals surface area contributed by atoms with Crippen molar-refractivity contribution in [3.8, 4) is 6.07 Å². The fraction of sp³-hybridized carbons (Fsp3) is 0.933. The van der Waals surface area contributed by atoms with Crippen molar-refractivity contribution in [3.05, 3.63) is 0 Å². The molecule has 1 aliphatic rings. The van der Waals surface area contributed by atoms with Crippen LogP contribution in [0.25, 0.3) is 0 Å². The van der Waals surface area contributed by atoms with E-state index in [0.29, 0.717) is 6.04 Å². The van der Waals surface area contributed by atoms with Crippen molar-refractivity contribution in [2.45, 2.75) is 71.2 Å². The Labute approximate surface area is 118 Å². The zero-order valence-corrected chi connectivity index (χ0v) is 13.3. The Hall–Kier alpha value is -0.630. The van der Waals surface area contributed by atoms with Gasteiger partial charge in [-0.25, -0.2) is 0 Å². The second-order valence-corrected chi connectivity index (χ2v) is 6.64. The SMILES string of the molecule is CCNC(C)(C#N)CC(C)N1CC(C)OC(C)(C)C1. The highest BCUT2D eigenvalue weighted by molar-refractivity contribution is 5.05. The highest BCUT2D eigenvalue weighted by atomic mass is 16.5. The van der Waals surface area contributed by atoms with Crippen LogP contribution in [0.1, 0.15) is 48.0 Å². The van der Waals surface area contributed by atoms with Gasteiger partial charge in [0.05, 0.1) is 17.8 Å². The zero-order chi connectivity index (χ0) is 14.7. The first-order valence-electron chi connectivity index (χ1n) is 7.29. The lowest BCUT2D eigenvalue weighted by atomic mass is 9.93. The van der Waals surface area contributed by atoms with E-state index >= 15 is 0 Å². The highest BCUT2D eigenvalue weighted by Gasteiger charge is 2.36. The summed E-state index contributed by atoms with van der Waals surface area (Å²) in [5.74, 6) is 0. The molecule has 0 spiro atoms. The predicted molar refractivity (Wildman–Crippen MR) is 78.0 cm³/mol. The molecule has 1 heterocycles. The van der Waals surface area contributed by atoms with Gasteiger partial charge in [0, 0.05) is 19.1 Å². The average Bonchev–Trinajstić information content (AvgIpc) is 2.26. The summed E-state index contributed by atoms with van der Waals surface area (Å²) >= 11 is 0. The minimum Gasteiger partial charge on any atom is -0.370 e. The number of hydrogen-bond donors (Lipinski definition) is 1. The van der Waals surface area contributed by atoms with Gasteiger partial charge in [-0.15, -0.1) is 0 Å². The van der Waals surface area contributed by atoms with Crippen molar-refractivity contribution in [1.82, 2.24) is 10.2 Å². The van der Waals surface area contributed by atoms with Crippen molar-refractivity contribution in [1.29, 1.82) is 5.26 Å². The fourth-order valence-electron chi connectivity index (χ4n) is 3.11. The van der Waals surface area contributed by atoms with Gasteiger partial charge in [0.15, 0.2) is 0 Å². The standard InChI is InChI=1S/C15H29N3O/c1-7-17-15(6,10-16)8-12(2)18-9-13(3)19-14(4,5)11-18/h12-13,17H,7-9,11H2,1-6H3. The molecule has 4 nitrogen and oxygen atoms in total. The third-order valence-electron chi connectivity index (χ3n) is 3.74. The van der Waals surface area contributed by atoms with E-state index in [4.69, 9.17) is 4.74 Å². The molecule has 1 fully saturated rings. The highest BCUT2D eigenvalue weighted by Crippen LogP contribution is 2.25. The smallest absolute Gasteiger partial charge is 0.105 e. The summed E-state index contributed by atoms with van der Waals surface area (Å²) in [5.41, 5.74) is -0.549. The molecular weight excluding hydrogens is 238 g/mol. The number of hydrogen-bond acceptors (Lipinski definition) is 4. The van der Waals surface area contributed by atoms with Gasteiger partial charge in [0.2, 0.25) is 0 Å². The molecule has 0 aromatic heterocycles. The van der Waals surface area contributed by atoms with Crippen LogP contribution >= 0.6 is 0 Å². The van der Waals surface area contributed by atoms with Crippen LogP contribution in [-0.4, -0.2) is 47.8 Å². The summed E-state index contributed by atoms with van der Waals surface area (Å²) in [4.78, 5) is 2.45. The molecule has 4 heteroatoms. The maximum absolute atomic E-state index is 9.36. The summed E-state index contributed by atoms with van der Waals surface area (Å²) in [7, 11) is 0. The van der Waals surface area contributed by atoms with Crippen molar-refractivity contribution in [2.75, 3.05) is 19.6 Å². The van der Waals surface area contributed by atoms with Gasteiger partial charge >= 0.3 is 0 Å². The quantitative estimate of drug-likeness (QED) is 0.829. The van der Waals surface area contributed by atoms with Crippen LogP contribution in [0, 0.1) is 11.3 Å². The molecule has 1 rings (SSSR count). The number of nitrogens with zero attached hydrogens (tertiary/aromatic N) is 2. The van der Waals surface area contributed by atoms with Gasteiger partial charge < -0.3 is 4.74 Å². The number of rotatable bonds is 5. The normalized spacial score (nSPS) is 28.4. The summed E-state index contributed by atoms with van der Waals surface area (Å²) in [5, 5.41) is 12.7. The van der Waals surface area contributed by atoms with Crippen LogP contribution in [0.5, 0.6) is 0 Å². The Bertz CT molecular complexity index is 337. The molecule has 1 aliphatic heterocycles. The summed E-state index contributed by atoms with van der Waals surface area (Å²) in [6.07, 6.45) is 1.08. The lowest BCUT2D eigenvalue weighted by Gasteiger charge is -2.45. The van der Waals surface area contributed by atoms with Crippen LogP contribution in [0.4, 0.5) is 0 Å². The Morgan fingerprint density at radius 2 is 2.21 bits per heavy atom. The Morgan fingerprint density at radius 1 is 1.58 bits per heavy atom. The first-order valence-corrected chi connectivity index (χ1v) is 7.29. The third kappa shape index (κ3) is 4.76. The molecule has 0 radical (unpaired) electrons. The lowest BCUT2D eigenvalue weighted by Crippen LogP contribution is -2.56. The van der Waals surface area contributed by atoms with Gasteiger partial charge in [-0.05, 0) is 47.6 Å². The number of morpholine rings is 1. The van der Waals surface area contributed by atoms with Crippen LogP contribution in [0.3, 0.4) is 0 Å². The lowest BCUT2D eigenvalue weighted by molar-refractivity contribution is -0.137. The number of ether oxygens (including phenoxy) is 1. The van der Waals surface area contributed by atoms with Crippen LogP contribution in [0.2, 0.25) is 0 Å². The van der Waals surface area contributed by atoms with Crippen molar-refractivity contribution in [3.63, 3.8) is 0 Å². The Balaban J connectivity index is 2.67. The predicted octanol–water partition coefficient (Wildman–Crippen LogP) is 2.16. The summed E-state index contributed by atoms with van der Waals surface area (Å²) in [6.45, 7) is 15.3. The fourth-order valence-corrected chi connectivity index (χ4v) is 3.11. The van der Waals surface area contributed by atoms with Crippen LogP contribution in [0.15, 0.2) is 0 Å². The molecule has 0 saturated carbocycles. The molecule has 1 saturated heterocycles. The van der Waals surface area contributed by atoms with E-state index in [0.717, 1.165) is 26.1 Å². The van der Waals surface area contributed by atoms with Crippen LogP contribution in [-0.2, 0) is 4.74 Å². The second-order valence-electron chi connectivity index (χ2n) is 6.64. The second kappa shape index (κ2) is 6.21. The summed E-state index contributed by atoms with van der Waals surface area (Å²) in [6, 6.07) is 2.78. The maximum Gasteiger partial charge on any atom is 0.105 e. The van der Waals surface area contributed by atoms with E-state index in [1.54, 1.807) is 0 Å². The number of nitriles is 1. The minimum atomic E-state index is -0.445. The van der Waals surface area contributed by atoms with Gasteiger partial charge in [0.25, 0.3) is 0 Å². The van der Waals surface area contributed by atoms with Gasteiger partial charge in [-0.2, -0.15) is 5.26 Å². The van der Waals surface area contributed by atoms with E-state index in [2.05, 4.69) is 44.0 Å². The van der Waals surface area contributed by atoms with Crippen molar-refractivity contribution in [2.24, 2.45) is 0 Å². The van der Waals surface area contributed by atoms with E-state index in [1.165, 1.54) is 0 Å². The Kier molecular flexibility index (Phi) is 5.37. The molecular formula is C15H29N3O. The molecule has 110 valence electrons. The van der Waals surface area contributed by atoms with Crippen LogP contribution < -0.4 is 5.32 Å². The molecule has 0 aromatic carbocycles. The van der Waals surface area contributed by atoms with Crippen molar-refractivity contribution < 1.29 is 4.74 Å². The topological polar surface area (TPSA) is 48.3 Å². The van der Waals surface area contributed by atoms with Gasteiger partial charge in [-0.1, -0.05) is 6.92 Å². The molecule has 1 N–H and O–H groups in total. The number of nitrogens with one attached hydrogen (secondary N) is 1. The minimum absolute atomic E-state index is 0.104. The Morgan fingerprint density at radius 3 is 2.68 bits per heavy atom. The molecule has 19 heavy (non-hydrogen) atoms. The third-order valence-corrected chi connectivity index (χ3v) is 3.74. The van der Waals surface area contributed by atoms with E-state index in [9.17, 15) is 5.26 Å². The maximum atomic E-state index is 9.36. The first-order chi connectivity index (χ1) is 8.71. The summed E-state index contributed by atoms with van der Waals surface area (Å²) < 4.78 is 5.94. The molecule has 0 bridgehead atoms. The van der Waals surface area contributed by atoms with Crippen molar-refractivity contribution >= 4 is 0 Å². The van der Waals surface area contributed by atoms with E-state index in [1.807, 2.05) is 13.8 Å². The van der Waals surface area contributed by atoms with Gasteiger partial charge in [0.1, 0.15) is 5.54 Å². The zero-order valence-electron chi connectivity index (χ0n) is 13.3. The molecule has 0 aromatic rings. The molecule has 0 aliphatic carbocycles. The molecule has 3 unspecified atom stereocenters. The molecule has 0 amide bonds. The van der Waals surface area contributed by atoms with E-state index < -0.39 is 5.54 Å². The average molecular weight is 267 g/mol. The largest absolute Gasteiger partial charge is 0.370 e. The van der Waals surface area contributed by atoms with Gasteiger partial charge in [-0.3, -0.25) is 10.2 Å². The van der Waals surface area contributed by atoms with E-state index in [-0.39, 0.29) is 11.7 Å². The molecule has 3 atom stereocenters.